The fourth-order valence-electron chi connectivity index (χ4n) is 3.17. The van der Waals surface area contributed by atoms with Crippen LogP contribution in [0.1, 0.15) is 21.5 Å². The molecule has 138 valence electrons. The summed E-state index contributed by atoms with van der Waals surface area (Å²) < 4.78 is 0. The molecule has 0 spiro atoms. The number of carbonyl (C=O) groups is 1. The summed E-state index contributed by atoms with van der Waals surface area (Å²) in [6, 6.07) is 32.6. The maximum atomic E-state index is 13.0. The molecule has 0 unspecified atom stereocenters. The molecule has 0 aliphatic rings. The third-order valence-corrected chi connectivity index (χ3v) is 5.71. The summed E-state index contributed by atoms with van der Waals surface area (Å²) in [4.78, 5) is 14.2. The van der Waals surface area contributed by atoms with Gasteiger partial charge in [-0.2, -0.15) is 0 Å². The predicted octanol–water partition coefficient (Wildman–Crippen LogP) is 6.06. The van der Waals surface area contributed by atoms with Crippen LogP contribution in [0, 0.1) is 0 Å². The molecule has 0 fully saturated rings. The third-order valence-electron chi connectivity index (χ3n) is 4.65. The molecule has 0 aliphatic heterocycles. The minimum absolute atomic E-state index is 0.0294. The first-order valence-electron chi connectivity index (χ1n) is 9.31. The van der Waals surface area contributed by atoms with E-state index >= 15 is 0 Å². The van der Waals surface area contributed by atoms with Gasteiger partial charge in [0.15, 0.2) is 0 Å². The van der Waals surface area contributed by atoms with Crippen molar-refractivity contribution in [2.45, 2.75) is 17.2 Å². The normalized spacial score (nSPS) is 10.7. The minimum Gasteiger partial charge on any atom is -0.348 e. The third kappa shape index (κ3) is 4.44. The van der Waals surface area contributed by atoms with E-state index in [9.17, 15) is 4.79 Å². The van der Waals surface area contributed by atoms with Crippen molar-refractivity contribution in [2.75, 3.05) is 0 Å². The van der Waals surface area contributed by atoms with Crippen molar-refractivity contribution in [1.82, 2.24) is 5.32 Å². The Balaban J connectivity index is 1.59. The van der Waals surface area contributed by atoms with Crippen LogP contribution in [0.3, 0.4) is 0 Å². The highest BCUT2D eigenvalue weighted by molar-refractivity contribution is 7.98. The van der Waals surface area contributed by atoms with E-state index in [-0.39, 0.29) is 5.91 Å². The molecule has 4 aromatic carbocycles. The van der Waals surface area contributed by atoms with Gasteiger partial charge in [0.05, 0.1) is 0 Å². The molecule has 2 nitrogen and oxygen atoms in total. The van der Waals surface area contributed by atoms with Gasteiger partial charge in [0.1, 0.15) is 0 Å². The van der Waals surface area contributed by atoms with Crippen molar-refractivity contribution in [3.63, 3.8) is 0 Å². The van der Waals surface area contributed by atoms with Crippen molar-refractivity contribution >= 4 is 28.4 Å². The fourth-order valence-corrected chi connectivity index (χ4v) is 4.08. The minimum atomic E-state index is -0.0294. The number of hydrogen-bond acceptors (Lipinski definition) is 2. The zero-order valence-electron chi connectivity index (χ0n) is 15.5. The van der Waals surface area contributed by atoms with Crippen LogP contribution >= 0.6 is 11.8 Å². The van der Waals surface area contributed by atoms with Gasteiger partial charge in [-0.1, -0.05) is 72.8 Å². The van der Waals surface area contributed by atoms with E-state index in [0.29, 0.717) is 6.54 Å². The summed E-state index contributed by atoms with van der Waals surface area (Å²) >= 11 is 1.75. The largest absolute Gasteiger partial charge is 0.348 e. The quantitative estimate of drug-likeness (QED) is 0.410. The molecule has 28 heavy (non-hydrogen) atoms. The van der Waals surface area contributed by atoms with Crippen LogP contribution in [0.15, 0.2) is 102 Å². The summed E-state index contributed by atoms with van der Waals surface area (Å²) in [6.07, 6.45) is 0. The van der Waals surface area contributed by atoms with Crippen molar-refractivity contribution in [2.24, 2.45) is 0 Å². The van der Waals surface area contributed by atoms with Gasteiger partial charge in [0.25, 0.3) is 5.91 Å². The lowest BCUT2D eigenvalue weighted by Crippen LogP contribution is -2.24. The monoisotopic (exact) mass is 383 g/mol. The molecule has 0 radical (unpaired) electrons. The first-order valence-corrected chi connectivity index (χ1v) is 10.3. The molecule has 0 atom stereocenters. The smallest absolute Gasteiger partial charge is 0.251 e. The lowest BCUT2D eigenvalue weighted by Gasteiger charge is -2.12. The van der Waals surface area contributed by atoms with E-state index in [1.807, 2.05) is 66.7 Å². The molecule has 0 saturated carbocycles. The van der Waals surface area contributed by atoms with E-state index in [4.69, 9.17) is 0 Å². The summed E-state index contributed by atoms with van der Waals surface area (Å²) in [6.45, 7) is 0.526. The predicted molar refractivity (Wildman–Crippen MR) is 118 cm³/mol. The Morgan fingerprint density at radius 2 is 1.36 bits per heavy atom. The second-order valence-electron chi connectivity index (χ2n) is 6.63. The first-order chi connectivity index (χ1) is 13.8. The Morgan fingerprint density at radius 1 is 0.750 bits per heavy atom. The van der Waals surface area contributed by atoms with Gasteiger partial charge in [0, 0.05) is 22.8 Å². The Labute approximate surface area is 169 Å². The lowest BCUT2D eigenvalue weighted by atomic mass is 10.0. The Hall–Kier alpha value is -3.04. The molecule has 0 aromatic heterocycles. The summed E-state index contributed by atoms with van der Waals surface area (Å²) in [5.74, 6) is 0.724. The van der Waals surface area contributed by atoms with Crippen LogP contribution in [-0.2, 0) is 12.3 Å². The summed E-state index contributed by atoms with van der Waals surface area (Å²) in [7, 11) is 0. The van der Waals surface area contributed by atoms with Gasteiger partial charge in [-0.15, -0.1) is 11.8 Å². The van der Waals surface area contributed by atoms with Gasteiger partial charge in [0.2, 0.25) is 0 Å². The maximum absolute atomic E-state index is 13.0. The highest BCUT2D eigenvalue weighted by atomic mass is 32.2. The number of rotatable bonds is 6. The van der Waals surface area contributed by atoms with Crippen molar-refractivity contribution < 1.29 is 4.79 Å². The van der Waals surface area contributed by atoms with Crippen LogP contribution in [0.5, 0.6) is 0 Å². The molecule has 0 aliphatic carbocycles. The zero-order valence-corrected chi connectivity index (χ0v) is 16.3. The van der Waals surface area contributed by atoms with E-state index in [1.54, 1.807) is 11.8 Å². The zero-order chi connectivity index (χ0) is 19.2. The topological polar surface area (TPSA) is 29.1 Å². The standard InChI is InChI=1S/C25H21NOS/c27-25(26-17-19-9-3-1-4-10-19)24-16-21-12-8-7-11-20(21)15-22(24)18-28-23-13-5-2-6-14-23/h1-16H,17-18H2,(H,26,27). The fraction of sp³-hybridized carbons (Fsp3) is 0.0800. The average Bonchev–Trinajstić information content (AvgIpc) is 2.77. The van der Waals surface area contributed by atoms with Gasteiger partial charge in [-0.05, 0) is 46.2 Å². The van der Waals surface area contributed by atoms with Crippen molar-refractivity contribution in [3.8, 4) is 0 Å². The van der Waals surface area contributed by atoms with Crippen molar-refractivity contribution in [1.29, 1.82) is 0 Å². The van der Waals surface area contributed by atoms with Gasteiger partial charge >= 0.3 is 0 Å². The van der Waals surface area contributed by atoms with Crippen LogP contribution in [0.25, 0.3) is 10.8 Å². The molecule has 0 bridgehead atoms. The Bertz CT molecular complexity index is 1080. The molecule has 3 heteroatoms. The maximum Gasteiger partial charge on any atom is 0.251 e. The van der Waals surface area contributed by atoms with E-state index in [1.165, 1.54) is 4.90 Å². The number of amides is 1. The van der Waals surface area contributed by atoms with Gasteiger partial charge in [-0.3, -0.25) is 4.79 Å². The van der Waals surface area contributed by atoms with Gasteiger partial charge < -0.3 is 5.32 Å². The highest BCUT2D eigenvalue weighted by Crippen LogP contribution is 2.27. The Morgan fingerprint density at radius 3 is 2.07 bits per heavy atom. The van der Waals surface area contributed by atoms with Crippen LogP contribution in [0.4, 0.5) is 0 Å². The molecule has 4 rings (SSSR count). The van der Waals surface area contributed by atoms with E-state index < -0.39 is 0 Å². The molecule has 4 aromatic rings. The van der Waals surface area contributed by atoms with E-state index in [0.717, 1.165) is 33.2 Å². The summed E-state index contributed by atoms with van der Waals surface area (Å²) in [5, 5.41) is 5.31. The number of thioether (sulfide) groups is 1. The molecule has 1 N–H and O–H groups in total. The number of fused-ring (bicyclic) bond motifs is 1. The number of nitrogens with one attached hydrogen (secondary N) is 1. The van der Waals surface area contributed by atoms with Crippen LogP contribution in [-0.4, -0.2) is 5.91 Å². The van der Waals surface area contributed by atoms with Crippen molar-refractivity contribution in [3.05, 3.63) is 114 Å². The molecular formula is C25H21NOS. The SMILES string of the molecule is O=C(NCc1ccccc1)c1cc2ccccc2cc1CSc1ccccc1. The van der Waals surface area contributed by atoms with Crippen LogP contribution < -0.4 is 5.32 Å². The Kier molecular flexibility index (Phi) is 5.74. The first kappa shape index (κ1) is 18.3. The molecule has 1 amide bonds. The number of hydrogen-bond donors (Lipinski definition) is 1. The number of carbonyl (C=O) groups excluding carboxylic acids is 1. The van der Waals surface area contributed by atoms with Crippen LogP contribution in [0.2, 0.25) is 0 Å². The van der Waals surface area contributed by atoms with E-state index in [2.05, 4.69) is 35.6 Å². The molecule has 0 heterocycles. The van der Waals surface area contributed by atoms with Gasteiger partial charge in [-0.25, -0.2) is 0 Å². The molecule has 0 saturated heterocycles. The second kappa shape index (κ2) is 8.77. The average molecular weight is 384 g/mol. The molecular weight excluding hydrogens is 362 g/mol. The highest BCUT2D eigenvalue weighted by Gasteiger charge is 2.13. The lowest BCUT2D eigenvalue weighted by molar-refractivity contribution is 0.0950. The number of benzene rings is 4. The summed E-state index contributed by atoms with van der Waals surface area (Å²) in [5.41, 5.74) is 2.90. The second-order valence-corrected chi connectivity index (χ2v) is 7.68.